The number of anilines is 1. The van der Waals surface area contributed by atoms with Crippen LogP contribution in [-0.2, 0) is 11.2 Å². The Balaban J connectivity index is 2.56. The van der Waals surface area contributed by atoms with Crippen LogP contribution in [0, 0.1) is 0 Å². The Morgan fingerprint density at radius 1 is 1.28 bits per heavy atom. The average molecular weight is 249 g/mol. The third-order valence-corrected chi connectivity index (χ3v) is 2.51. The van der Waals surface area contributed by atoms with Crippen molar-refractivity contribution in [1.29, 1.82) is 0 Å². The zero-order valence-electron chi connectivity index (χ0n) is 10.7. The first-order valence-electron chi connectivity index (χ1n) is 5.98. The van der Waals surface area contributed by atoms with E-state index in [0.29, 0.717) is 5.69 Å². The van der Waals surface area contributed by atoms with Crippen molar-refractivity contribution >= 4 is 17.6 Å². The van der Waals surface area contributed by atoms with Gasteiger partial charge in [-0.05, 0) is 31.0 Å². The SMILES string of the molecule is CCCc1ccc(NC(=O)C(C)NC(N)=O)cc1. The van der Waals surface area contributed by atoms with Crippen molar-refractivity contribution in [3.05, 3.63) is 29.8 Å². The first kappa shape index (κ1) is 14.0. The van der Waals surface area contributed by atoms with E-state index >= 15 is 0 Å². The lowest BCUT2D eigenvalue weighted by Crippen LogP contribution is -2.44. The molecule has 5 heteroatoms. The van der Waals surface area contributed by atoms with Gasteiger partial charge < -0.3 is 16.4 Å². The summed E-state index contributed by atoms with van der Waals surface area (Å²) in [5.41, 5.74) is 6.89. The van der Waals surface area contributed by atoms with E-state index in [9.17, 15) is 9.59 Å². The molecule has 1 aromatic carbocycles. The molecule has 98 valence electrons. The van der Waals surface area contributed by atoms with Crippen LogP contribution in [0.3, 0.4) is 0 Å². The molecule has 1 rings (SSSR count). The molecule has 0 aliphatic carbocycles. The summed E-state index contributed by atoms with van der Waals surface area (Å²) in [5.74, 6) is -0.294. The Morgan fingerprint density at radius 2 is 1.89 bits per heavy atom. The van der Waals surface area contributed by atoms with Gasteiger partial charge >= 0.3 is 6.03 Å². The summed E-state index contributed by atoms with van der Waals surface area (Å²) in [6, 6.07) is 6.28. The van der Waals surface area contributed by atoms with Gasteiger partial charge in [0.05, 0.1) is 0 Å². The molecule has 3 amide bonds. The van der Waals surface area contributed by atoms with Gasteiger partial charge in [0.15, 0.2) is 0 Å². The van der Waals surface area contributed by atoms with Gasteiger partial charge in [-0.25, -0.2) is 4.79 Å². The normalized spacial score (nSPS) is 11.7. The molecular weight excluding hydrogens is 230 g/mol. The molecule has 0 radical (unpaired) electrons. The van der Waals surface area contributed by atoms with Gasteiger partial charge in [0.25, 0.3) is 0 Å². The van der Waals surface area contributed by atoms with Gasteiger partial charge in [-0.1, -0.05) is 25.5 Å². The second-order valence-electron chi connectivity index (χ2n) is 4.17. The predicted molar refractivity (Wildman–Crippen MR) is 71.2 cm³/mol. The number of rotatable bonds is 5. The first-order chi connectivity index (χ1) is 8.52. The van der Waals surface area contributed by atoms with Crippen LogP contribution in [0.2, 0.25) is 0 Å². The number of amides is 3. The van der Waals surface area contributed by atoms with Gasteiger partial charge in [-0.3, -0.25) is 4.79 Å². The molecule has 0 aliphatic rings. The lowest BCUT2D eigenvalue weighted by molar-refractivity contribution is -0.117. The molecular formula is C13H19N3O2. The van der Waals surface area contributed by atoms with Crippen LogP contribution in [-0.4, -0.2) is 18.0 Å². The number of nitrogens with one attached hydrogen (secondary N) is 2. The highest BCUT2D eigenvalue weighted by Gasteiger charge is 2.13. The maximum atomic E-state index is 11.7. The second kappa shape index (κ2) is 6.64. The number of hydrogen-bond donors (Lipinski definition) is 3. The molecule has 0 aromatic heterocycles. The number of carbonyl (C=O) groups is 2. The minimum Gasteiger partial charge on any atom is -0.352 e. The van der Waals surface area contributed by atoms with E-state index in [2.05, 4.69) is 17.6 Å². The lowest BCUT2D eigenvalue weighted by Gasteiger charge is -2.12. The fourth-order valence-corrected chi connectivity index (χ4v) is 1.57. The first-order valence-corrected chi connectivity index (χ1v) is 5.98. The van der Waals surface area contributed by atoms with Gasteiger partial charge in [0, 0.05) is 5.69 Å². The lowest BCUT2D eigenvalue weighted by atomic mass is 10.1. The van der Waals surface area contributed by atoms with Crippen molar-refractivity contribution in [2.45, 2.75) is 32.7 Å². The monoisotopic (exact) mass is 249 g/mol. The number of urea groups is 1. The van der Waals surface area contributed by atoms with Gasteiger partial charge in [-0.2, -0.15) is 0 Å². The van der Waals surface area contributed by atoms with E-state index in [1.165, 1.54) is 5.56 Å². The Hall–Kier alpha value is -2.04. The zero-order chi connectivity index (χ0) is 13.5. The third kappa shape index (κ3) is 4.45. The fraction of sp³-hybridized carbons (Fsp3) is 0.385. The maximum Gasteiger partial charge on any atom is 0.312 e. The van der Waals surface area contributed by atoms with Crippen molar-refractivity contribution < 1.29 is 9.59 Å². The molecule has 0 fully saturated rings. The molecule has 0 spiro atoms. The zero-order valence-corrected chi connectivity index (χ0v) is 10.7. The van der Waals surface area contributed by atoms with Crippen molar-refractivity contribution in [3.8, 4) is 0 Å². The molecule has 4 N–H and O–H groups in total. The Kier molecular flexibility index (Phi) is 5.17. The van der Waals surface area contributed by atoms with E-state index in [-0.39, 0.29) is 5.91 Å². The van der Waals surface area contributed by atoms with E-state index in [4.69, 9.17) is 5.73 Å². The summed E-state index contributed by atoms with van der Waals surface area (Å²) in [6.45, 7) is 3.69. The second-order valence-corrected chi connectivity index (χ2v) is 4.17. The number of benzene rings is 1. The highest BCUT2D eigenvalue weighted by Crippen LogP contribution is 2.11. The minimum absolute atomic E-state index is 0.294. The summed E-state index contributed by atoms with van der Waals surface area (Å²) in [7, 11) is 0. The Morgan fingerprint density at radius 3 is 2.39 bits per heavy atom. The van der Waals surface area contributed by atoms with Gasteiger partial charge in [0.2, 0.25) is 5.91 Å². The summed E-state index contributed by atoms with van der Waals surface area (Å²) in [4.78, 5) is 22.3. The molecule has 0 heterocycles. The number of primary amides is 1. The van der Waals surface area contributed by atoms with Crippen molar-refractivity contribution in [3.63, 3.8) is 0 Å². The van der Waals surface area contributed by atoms with Crippen LogP contribution in [0.15, 0.2) is 24.3 Å². The fourth-order valence-electron chi connectivity index (χ4n) is 1.57. The number of carbonyl (C=O) groups excluding carboxylic acids is 2. The third-order valence-electron chi connectivity index (χ3n) is 2.51. The molecule has 1 atom stereocenters. The maximum absolute atomic E-state index is 11.7. The van der Waals surface area contributed by atoms with E-state index in [0.717, 1.165) is 12.8 Å². The predicted octanol–water partition coefficient (Wildman–Crippen LogP) is 1.63. The minimum atomic E-state index is -0.712. The highest BCUT2D eigenvalue weighted by atomic mass is 16.2. The molecule has 5 nitrogen and oxygen atoms in total. The summed E-state index contributed by atoms with van der Waals surface area (Å²) >= 11 is 0. The summed E-state index contributed by atoms with van der Waals surface area (Å²) in [6.07, 6.45) is 2.11. The Labute approximate surface area is 107 Å². The topological polar surface area (TPSA) is 84.2 Å². The number of nitrogens with two attached hydrogens (primary N) is 1. The van der Waals surface area contributed by atoms with Crippen LogP contribution in [0.25, 0.3) is 0 Å². The smallest absolute Gasteiger partial charge is 0.312 e. The Bertz CT molecular complexity index is 415. The van der Waals surface area contributed by atoms with E-state index in [1.807, 2.05) is 24.3 Å². The van der Waals surface area contributed by atoms with Crippen LogP contribution in [0.4, 0.5) is 10.5 Å². The molecule has 0 bridgehead atoms. The largest absolute Gasteiger partial charge is 0.352 e. The molecule has 18 heavy (non-hydrogen) atoms. The van der Waals surface area contributed by atoms with Crippen LogP contribution in [0.1, 0.15) is 25.8 Å². The van der Waals surface area contributed by atoms with Crippen molar-refractivity contribution in [2.24, 2.45) is 5.73 Å². The molecule has 0 saturated heterocycles. The molecule has 0 aliphatic heterocycles. The van der Waals surface area contributed by atoms with E-state index < -0.39 is 12.1 Å². The van der Waals surface area contributed by atoms with Crippen molar-refractivity contribution in [1.82, 2.24) is 5.32 Å². The molecule has 1 aromatic rings. The summed E-state index contributed by atoms with van der Waals surface area (Å²) < 4.78 is 0. The molecule has 0 saturated carbocycles. The van der Waals surface area contributed by atoms with Crippen molar-refractivity contribution in [2.75, 3.05) is 5.32 Å². The van der Waals surface area contributed by atoms with Crippen LogP contribution >= 0.6 is 0 Å². The van der Waals surface area contributed by atoms with Gasteiger partial charge in [-0.15, -0.1) is 0 Å². The molecule has 1 unspecified atom stereocenters. The standard InChI is InChI=1S/C13H19N3O2/c1-3-4-10-5-7-11(8-6-10)16-12(17)9(2)15-13(14)18/h5-9H,3-4H2,1-2H3,(H,16,17)(H3,14,15,18). The quantitative estimate of drug-likeness (QED) is 0.741. The average Bonchev–Trinajstić information content (AvgIpc) is 2.31. The van der Waals surface area contributed by atoms with E-state index in [1.54, 1.807) is 6.92 Å². The van der Waals surface area contributed by atoms with Crippen LogP contribution in [0.5, 0.6) is 0 Å². The summed E-state index contributed by atoms with van der Waals surface area (Å²) in [5, 5.41) is 5.03. The number of aryl methyl sites for hydroxylation is 1. The van der Waals surface area contributed by atoms with Crippen LogP contribution < -0.4 is 16.4 Å². The highest BCUT2D eigenvalue weighted by molar-refractivity contribution is 5.96. The van der Waals surface area contributed by atoms with Gasteiger partial charge in [0.1, 0.15) is 6.04 Å². The number of hydrogen-bond acceptors (Lipinski definition) is 2.